The molecule has 3 aliphatic carbocycles. The molecule has 0 N–H and O–H groups in total. The quantitative estimate of drug-likeness (QED) is 0.315. The van der Waals surface area contributed by atoms with Crippen LogP contribution in [0, 0.1) is 0 Å². The molecular weight excluding hydrogens is 383 g/mol. The van der Waals surface area contributed by atoms with Gasteiger partial charge in [0.2, 0.25) is 0 Å². The summed E-state index contributed by atoms with van der Waals surface area (Å²) < 4.78 is 4.96. The fourth-order valence-corrected chi connectivity index (χ4v) is 29.6. The van der Waals surface area contributed by atoms with Crippen molar-refractivity contribution >= 4 is 18.4 Å². The van der Waals surface area contributed by atoms with Crippen LogP contribution < -0.4 is 0 Å². The third-order valence-corrected chi connectivity index (χ3v) is 27.9. The Labute approximate surface area is 149 Å². The van der Waals surface area contributed by atoms with Crippen molar-refractivity contribution in [3.05, 3.63) is 22.8 Å². The summed E-state index contributed by atoms with van der Waals surface area (Å²) in [4.78, 5) is 0. The fraction of sp³-hybridized carbons (Fsp3) is 0.818. The zero-order valence-electron chi connectivity index (χ0n) is 15.3. The molecule has 1 heteroatoms. The van der Waals surface area contributed by atoms with E-state index in [9.17, 15) is 0 Å². The summed E-state index contributed by atoms with van der Waals surface area (Å²) in [6.45, 7) is 9.01. The summed E-state index contributed by atoms with van der Waals surface area (Å²) in [5.41, 5.74) is 0. The summed E-state index contributed by atoms with van der Waals surface area (Å²) in [6, 6.07) is 0. The van der Waals surface area contributed by atoms with Crippen molar-refractivity contribution in [1.82, 2.24) is 0 Å². The number of rotatable bonds is 5. The molecule has 0 atom stereocenters. The fourth-order valence-electron chi connectivity index (χ4n) is 6.70. The molecule has 3 rings (SSSR count). The van der Waals surface area contributed by atoms with Crippen molar-refractivity contribution in [2.24, 2.45) is 0 Å². The van der Waals surface area contributed by atoms with Crippen molar-refractivity contribution in [2.75, 3.05) is 0 Å². The Morgan fingerprint density at radius 1 is 0.609 bits per heavy atom. The van der Waals surface area contributed by atoms with E-state index in [4.69, 9.17) is 6.58 Å². The van der Waals surface area contributed by atoms with Gasteiger partial charge in [0.05, 0.1) is 0 Å². The molecular formula is C22H38Sn. The van der Waals surface area contributed by atoms with Crippen LogP contribution in [0.1, 0.15) is 96.3 Å². The summed E-state index contributed by atoms with van der Waals surface area (Å²) in [7, 11) is 0. The first kappa shape index (κ1) is 18.1. The standard InChI is InChI=1S/3C6H11.C4H5.Sn/c3*1-2-4-6-5-3-1;1-3-4-2;/h3*1H,2-6H2;3H,1-2H2;. The maximum absolute atomic E-state index is 4.75. The molecule has 0 aromatic carbocycles. The zero-order chi connectivity index (χ0) is 16.1. The van der Waals surface area contributed by atoms with Crippen LogP contribution in [-0.4, -0.2) is 18.4 Å². The van der Waals surface area contributed by atoms with Crippen LogP contribution in [0.5, 0.6) is 0 Å². The van der Waals surface area contributed by atoms with E-state index in [-0.39, 0.29) is 0 Å². The third-order valence-electron chi connectivity index (χ3n) is 7.64. The average molecular weight is 421 g/mol. The van der Waals surface area contributed by atoms with Crippen LogP contribution >= 0.6 is 0 Å². The first-order valence-electron chi connectivity index (χ1n) is 10.6. The van der Waals surface area contributed by atoms with Crippen LogP contribution in [-0.2, 0) is 0 Å². The van der Waals surface area contributed by atoms with Crippen molar-refractivity contribution in [2.45, 2.75) is 108 Å². The van der Waals surface area contributed by atoms with Crippen molar-refractivity contribution < 1.29 is 0 Å². The van der Waals surface area contributed by atoms with Gasteiger partial charge < -0.3 is 0 Å². The molecule has 130 valence electrons. The summed E-state index contributed by atoms with van der Waals surface area (Å²) in [5, 5.41) is 0. The van der Waals surface area contributed by atoms with Gasteiger partial charge in [-0.15, -0.1) is 0 Å². The predicted molar refractivity (Wildman–Crippen MR) is 106 cm³/mol. The molecule has 0 amide bonds. The zero-order valence-corrected chi connectivity index (χ0v) is 18.2. The molecule has 3 saturated carbocycles. The van der Waals surface area contributed by atoms with Crippen LogP contribution in [0.15, 0.2) is 22.8 Å². The van der Waals surface area contributed by atoms with Gasteiger partial charge in [-0.05, 0) is 0 Å². The minimum atomic E-state index is -2.49. The normalized spacial score (nSPS) is 26.1. The van der Waals surface area contributed by atoms with Crippen LogP contribution in [0.3, 0.4) is 0 Å². The molecule has 23 heavy (non-hydrogen) atoms. The van der Waals surface area contributed by atoms with Gasteiger partial charge >= 0.3 is 149 Å². The predicted octanol–water partition coefficient (Wildman–Crippen LogP) is 7.72. The van der Waals surface area contributed by atoms with Crippen LogP contribution in [0.4, 0.5) is 0 Å². The molecule has 0 radical (unpaired) electrons. The van der Waals surface area contributed by atoms with E-state index in [0.717, 1.165) is 11.8 Å². The molecule has 0 saturated heterocycles. The molecule has 0 aromatic rings. The summed E-state index contributed by atoms with van der Waals surface area (Å²) in [6.07, 6.45) is 25.1. The Kier molecular flexibility index (Phi) is 6.75. The molecule has 0 unspecified atom stereocenters. The van der Waals surface area contributed by atoms with Gasteiger partial charge in [0, 0.05) is 0 Å². The molecule has 0 spiro atoms. The van der Waals surface area contributed by atoms with Crippen molar-refractivity contribution in [1.29, 1.82) is 0 Å². The molecule has 0 heterocycles. The number of hydrogen-bond acceptors (Lipinski definition) is 0. The van der Waals surface area contributed by atoms with Gasteiger partial charge in [0.25, 0.3) is 0 Å². The van der Waals surface area contributed by atoms with E-state index in [1.807, 2.05) is 0 Å². The first-order chi connectivity index (χ1) is 11.3. The third kappa shape index (κ3) is 3.62. The van der Waals surface area contributed by atoms with E-state index in [0.29, 0.717) is 0 Å². The van der Waals surface area contributed by atoms with Gasteiger partial charge in [-0.25, -0.2) is 0 Å². The van der Waals surface area contributed by atoms with Crippen molar-refractivity contribution in [3.63, 3.8) is 0 Å². The van der Waals surface area contributed by atoms with E-state index >= 15 is 0 Å². The summed E-state index contributed by atoms with van der Waals surface area (Å²) in [5.74, 6) is 0. The van der Waals surface area contributed by atoms with Crippen LogP contribution in [0.25, 0.3) is 0 Å². The monoisotopic (exact) mass is 422 g/mol. The Hall–Kier alpha value is 0.279. The molecule has 0 aliphatic heterocycles. The van der Waals surface area contributed by atoms with E-state index in [1.165, 1.54) is 57.8 Å². The second-order valence-electron chi connectivity index (χ2n) is 8.67. The topological polar surface area (TPSA) is 0 Å². The van der Waals surface area contributed by atoms with Crippen LogP contribution in [0.2, 0.25) is 11.8 Å². The van der Waals surface area contributed by atoms with E-state index in [2.05, 4.69) is 12.7 Å². The number of allylic oxidation sites excluding steroid dienone is 2. The van der Waals surface area contributed by atoms with Crippen molar-refractivity contribution in [3.8, 4) is 0 Å². The Morgan fingerprint density at radius 3 is 1.17 bits per heavy atom. The summed E-state index contributed by atoms with van der Waals surface area (Å²) >= 11 is -2.49. The van der Waals surface area contributed by atoms with E-state index in [1.54, 1.807) is 42.1 Å². The first-order valence-corrected chi connectivity index (χ1v) is 17.0. The Bertz CT molecular complexity index is 347. The molecule has 3 aliphatic rings. The van der Waals surface area contributed by atoms with Gasteiger partial charge in [0.15, 0.2) is 0 Å². The van der Waals surface area contributed by atoms with Gasteiger partial charge in [-0.1, -0.05) is 0 Å². The maximum atomic E-state index is 4.75. The Balaban J connectivity index is 1.98. The van der Waals surface area contributed by atoms with Gasteiger partial charge in [-0.3, -0.25) is 0 Å². The second-order valence-corrected chi connectivity index (χ2v) is 22.8. The molecule has 0 bridgehead atoms. The van der Waals surface area contributed by atoms with E-state index < -0.39 is 18.4 Å². The molecule has 3 fully saturated rings. The Morgan fingerprint density at radius 2 is 0.913 bits per heavy atom. The van der Waals surface area contributed by atoms with Gasteiger partial charge in [0.1, 0.15) is 0 Å². The SMILES string of the molecule is C=C[C](=C)[Sn]([CH]1CCCCC1)([CH]1CCCCC1)[CH]1CCCCC1. The second kappa shape index (κ2) is 8.58. The minimum absolute atomic E-state index is 1.11. The number of hydrogen-bond donors (Lipinski definition) is 0. The average Bonchev–Trinajstić information content (AvgIpc) is 2.65. The molecule has 0 nitrogen and oxygen atoms in total. The molecule has 0 aromatic heterocycles. The van der Waals surface area contributed by atoms with Gasteiger partial charge in [-0.2, -0.15) is 0 Å².